The summed E-state index contributed by atoms with van der Waals surface area (Å²) in [6.07, 6.45) is 2.95. The lowest BCUT2D eigenvalue weighted by Crippen LogP contribution is -2.33. The number of carbonyl (C=O) groups excluding carboxylic acids is 2. The van der Waals surface area contributed by atoms with Crippen molar-refractivity contribution in [3.63, 3.8) is 0 Å². The minimum absolute atomic E-state index is 0.0197. The van der Waals surface area contributed by atoms with Gasteiger partial charge in [-0.05, 0) is 42.9 Å². The van der Waals surface area contributed by atoms with Crippen LogP contribution in [-0.2, 0) is 14.3 Å². The molecule has 0 saturated carbocycles. The van der Waals surface area contributed by atoms with E-state index in [-0.39, 0.29) is 35.2 Å². The van der Waals surface area contributed by atoms with Crippen molar-refractivity contribution in [2.24, 2.45) is 11.1 Å². The van der Waals surface area contributed by atoms with Crippen LogP contribution in [0.2, 0.25) is 0 Å². The van der Waals surface area contributed by atoms with Crippen LogP contribution in [0.3, 0.4) is 0 Å². The number of carbonyl (C=O) groups is 2. The fourth-order valence-electron chi connectivity index (χ4n) is 4.91. The number of ether oxygens (including phenoxy) is 3. The second-order valence-electron chi connectivity index (χ2n) is 9.72. The summed E-state index contributed by atoms with van der Waals surface area (Å²) in [5.41, 5.74) is 7.23. The molecule has 1 aromatic carbocycles. The van der Waals surface area contributed by atoms with E-state index < -0.39 is 5.92 Å². The minimum atomic E-state index is -0.642. The number of nitrogens with zero attached hydrogens (tertiary/aromatic N) is 2. The summed E-state index contributed by atoms with van der Waals surface area (Å²) < 4.78 is 17.4. The van der Waals surface area contributed by atoms with Crippen molar-refractivity contribution in [2.75, 3.05) is 26.3 Å². The molecule has 1 saturated heterocycles. The number of allylic oxidation sites excluding steroid dienone is 3. The first-order chi connectivity index (χ1) is 16.2. The highest BCUT2D eigenvalue weighted by Crippen LogP contribution is 2.48. The van der Waals surface area contributed by atoms with E-state index in [4.69, 9.17) is 19.9 Å². The number of nitrogens with two attached hydrogens (primary N) is 1. The predicted octanol–water partition coefficient (Wildman–Crippen LogP) is 3.54. The van der Waals surface area contributed by atoms with E-state index in [1.807, 2.05) is 20.8 Å². The molecule has 0 aromatic heterocycles. The van der Waals surface area contributed by atoms with E-state index >= 15 is 0 Å². The number of ketones is 1. The molecule has 2 aliphatic heterocycles. The van der Waals surface area contributed by atoms with Crippen LogP contribution in [0, 0.1) is 16.7 Å². The highest BCUT2D eigenvalue weighted by atomic mass is 16.5. The number of Topliss-reactive ketones (excluding diaryl/α,β-unsaturated/α-hetero) is 1. The molecule has 2 heterocycles. The molecule has 8 nitrogen and oxygen atoms in total. The summed E-state index contributed by atoms with van der Waals surface area (Å²) in [5.74, 6) is 0.681. The molecule has 1 aliphatic carbocycles. The van der Waals surface area contributed by atoms with Crippen LogP contribution in [0.1, 0.15) is 57.9 Å². The molecule has 180 valence electrons. The van der Waals surface area contributed by atoms with Gasteiger partial charge in [-0.25, -0.2) is 0 Å². The van der Waals surface area contributed by atoms with Gasteiger partial charge in [0, 0.05) is 31.5 Å². The van der Waals surface area contributed by atoms with Gasteiger partial charge >= 0.3 is 0 Å². The fourth-order valence-corrected chi connectivity index (χ4v) is 4.91. The van der Waals surface area contributed by atoms with Crippen LogP contribution < -0.4 is 15.2 Å². The van der Waals surface area contributed by atoms with Crippen molar-refractivity contribution in [1.82, 2.24) is 4.90 Å². The second-order valence-corrected chi connectivity index (χ2v) is 9.72. The van der Waals surface area contributed by atoms with Gasteiger partial charge in [-0.15, -0.1) is 0 Å². The molecule has 8 heteroatoms. The minimum Gasteiger partial charge on any atom is -0.490 e. The molecule has 0 bridgehead atoms. The smallest absolute Gasteiger partial charge is 0.260 e. The zero-order chi connectivity index (χ0) is 24.5. The Balaban J connectivity index is 1.67. The monoisotopic (exact) mass is 465 g/mol. The third-order valence-corrected chi connectivity index (χ3v) is 6.49. The van der Waals surface area contributed by atoms with Crippen LogP contribution in [0.4, 0.5) is 0 Å². The average Bonchev–Trinajstić information content (AvgIpc) is 3.31. The largest absolute Gasteiger partial charge is 0.490 e. The maximum atomic E-state index is 13.2. The number of benzene rings is 1. The van der Waals surface area contributed by atoms with Crippen molar-refractivity contribution in [3.05, 3.63) is 46.6 Å². The molecule has 0 radical (unpaired) electrons. The van der Waals surface area contributed by atoms with Gasteiger partial charge < -0.3 is 24.8 Å². The van der Waals surface area contributed by atoms with E-state index in [1.54, 1.807) is 23.1 Å². The Kier molecular flexibility index (Phi) is 6.56. The molecular weight excluding hydrogens is 434 g/mol. The number of hydrogen-bond acceptors (Lipinski definition) is 7. The van der Waals surface area contributed by atoms with E-state index in [2.05, 4.69) is 6.07 Å². The van der Waals surface area contributed by atoms with E-state index in [0.717, 1.165) is 25.9 Å². The first-order valence-corrected chi connectivity index (χ1v) is 11.7. The van der Waals surface area contributed by atoms with Gasteiger partial charge in [0.15, 0.2) is 23.9 Å². The first kappa shape index (κ1) is 23.7. The zero-order valence-corrected chi connectivity index (χ0v) is 20.0. The second kappa shape index (κ2) is 9.41. The van der Waals surface area contributed by atoms with Crippen molar-refractivity contribution in [3.8, 4) is 17.6 Å². The Hall–Kier alpha value is -3.47. The summed E-state index contributed by atoms with van der Waals surface area (Å²) in [6.45, 7) is 7.71. The summed E-state index contributed by atoms with van der Waals surface area (Å²) in [7, 11) is 0. The highest BCUT2D eigenvalue weighted by Gasteiger charge is 2.43. The topological polar surface area (TPSA) is 115 Å². The quantitative estimate of drug-likeness (QED) is 0.683. The van der Waals surface area contributed by atoms with E-state index in [9.17, 15) is 14.9 Å². The molecule has 1 amide bonds. The molecule has 4 rings (SSSR count). The molecule has 0 spiro atoms. The molecular formula is C26H31N3O5. The van der Waals surface area contributed by atoms with Gasteiger partial charge in [0.05, 0.1) is 12.5 Å². The number of nitriles is 1. The van der Waals surface area contributed by atoms with Crippen LogP contribution in [-0.4, -0.2) is 42.9 Å². The number of amides is 1. The van der Waals surface area contributed by atoms with Gasteiger partial charge in [0.2, 0.25) is 5.88 Å². The highest BCUT2D eigenvalue weighted by molar-refractivity contribution is 6.00. The van der Waals surface area contributed by atoms with Crippen LogP contribution in [0.15, 0.2) is 41.0 Å². The SMILES string of the molecule is CCOc1cc(C2C(C#N)=C(N)OC3=C2C(=O)CC(C)(C)C3)ccc1OCC(=O)N1CCCC1. The number of rotatable bonds is 6. The van der Waals surface area contributed by atoms with Gasteiger partial charge in [-0.1, -0.05) is 19.9 Å². The van der Waals surface area contributed by atoms with Crippen molar-refractivity contribution in [2.45, 2.75) is 52.4 Å². The van der Waals surface area contributed by atoms with Gasteiger partial charge in [-0.2, -0.15) is 5.26 Å². The molecule has 1 fully saturated rings. The maximum absolute atomic E-state index is 13.2. The zero-order valence-electron chi connectivity index (χ0n) is 20.0. The third-order valence-electron chi connectivity index (χ3n) is 6.49. The normalized spacial score (nSPS) is 21.6. The summed E-state index contributed by atoms with van der Waals surface area (Å²) in [5, 5.41) is 9.85. The van der Waals surface area contributed by atoms with Gasteiger partial charge in [-0.3, -0.25) is 9.59 Å². The molecule has 1 unspecified atom stereocenters. The fraction of sp³-hybridized carbons (Fsp3) is 0.500. The average molecular weight is 466 g/mol. The summed E-state index contributed by atoms with van der Waals surface area (Å²) in [4.78, 5) is 27.4. The standard InChI is InChI=1S/C26H31N3O5/c1-4-32-20-11-16(7-8-19(20)33-15-22(31)29-9-5-6-10-29)23-17(14-27)25(28)34-21-13-26(2,3)12-18(30)24(21)23/h7-8,11,23H,4-6,9-10,12-13,15,28H2,1-3H3. The van der Waals surface area contributed by atoms with Crippen LogP contribution in [0.25, 0.3) is 0 Å². The van der Waals surface area contributed by atoms with E-state index in [0.29, 0.717) is 47.8 Å². The van der Waals surface area contributed by atoms with Crippen LogP contribution >= 0.6 is 0 Å². The Bertz CT molecular complexity index is 1110. The van der Waals surface area contributed by atoms with Crippen molar-refractivity contribution >= 4 is 11.7 Å². The lowest BCUT2D eigenvalue weighted by Gasteiger charge is -2.37. The Morgan fingerprint density at radius 3 is 2.65 bits per heavy atom. The lowest BCUT2D eigenvalue weighted by atomic mass is 9.70. The van der Waals surface area contributed by atoms with Gasteiger partial charge in [0.25, 0.3) is 5.91 Å². The van der Waals surface area contributed by atoms with Crippen LogP contribution in [0.5, 0.6) is 11.5 Å². The molecule has 1 aromatic rings. The maximum Gasteiger partial charge on any atom is 0.260 e. The van der Waals surface area contributed by atoms with Crippen molar-refractivity contribution < 1.29 is 23.8 Å². The number of hydrogen-bond donors (Lipinski definition) is 1. The molecule has 2 N–H and O–H groups in total. The predicted molar refractivity (Wildman–Crippen MR) is 125 cm³/mol. The Labute approximate surface area is 199 Å². The molecule has 34 heavy (non-hydrogen) atoms. The lowest BCUT2D eigenvalue weighted by molar-refractivity contribution is -0.132. The molecule has 1 atom stereocenters. The molecule has 3 aliphatic rings. The Morgan fingerprint density at radius 1 is 1.24 bits per heavy atom. The van der Waals surface area contributed by atoms with E-state index in [1.165, 1.54) is 0 Å². The third kappa shape index (κ3) is 4.60. The first-order valence-electron chi connectivity index (χ1n) is 11.7. The Morgan fingerprint density at radius 2 is 1.97 bits per heavy atom. The summed E-state index contributed by atoms with van der Waals surface area (Å²) in [6, 6.07) is 7.40. The number of likely N-dealkylation sites (tertiary alicyclic amines) is 1. The summed E-state index contributed by atoms with van der Waals surface area (Å²) >= 11 is 0. The van der Waals surface area contributed by atoms with Gasteiger partial charge in [0.1, 0.15) is 17.4 Å². The van der Waals surface area contributed by atoms with Crippen molar-refractivity contribution in [1.29, 1.82) is 5.26 Å².